The largest absolute Gasteiger partial charge is 0.479 e. The Hall–Kier alpha value is -2.04. The first kappa shape index (κ1) is 16.3. The van der Waals surface area contributed by atoms with Gasteiger partial charge in [-0.05, 0) is 32.0 Å². The normalized spacial score (nSPS) is 13.3. The lowest BCUT2D eigenvalue weighted by Gasteiger charge is -2.18. The molecule has 0 saturated carbocycles. The van der Waals surface area contributed by atoms with Crippen molar-refractivity contribution >= 4 is 23.2 Å². The standard InChI is InChI=1S/C17H18ClNO3/c1-11(20)13-7-3-5-9-15(13)19-17(21)12(2)22-16-10-6-4-8-14(16)18/h3-12,20H,1-2H3,(H,19,21). The summed E-state index contributed by atoms with van der Waals surface area (Å²) in [6, 6.07) is 14.1. The summed E-state index contributed by atoms with van der Waals surface area (Å²) in [5, 5.41) is 12.9. The zero-order valence-corrected chi connectivity index (χ0v) is 13.2. The molecule has 0 radical (unpaired) electrons. The summed E-state index contributed by atoms with van der Waals surface area (Å²) in [7, 11) is 0. The van der Waals surface area contributed by atoms with E-state index in [4.69, 9.17) is 16.3 Å². The van der Waals surface area contributed by atoms with Crippen LogP contribution in [-0.2, 0) is 4.79 Å². The second kappa shape index (κ2) is 7.29. The maximum absolute atomic E-state index is 12.2. The number of nitrogens with one attached hydrogen (secondary N) is 1. The molecule has 0 heterocycles. The van der Waals surface area contributed by atoms with Crippen LogP contribution in [0.15, 0.2) is 48.5 Å². The van der Waals surface area contributed by atoms with Crippen molar-refractivity contribution in [3.8, 4) is 5.75 Å². The van der Waals surface area contributed by atoms with E-state index in [0.29, 0.717) is 22.0 Å². The van der Waals surface area contributed by atoms with Crippen molar-refractivity contribution in [2.75, 3.05) is 5.32 Å². The Morgan fingerprint density at radius 1 is 1.14 bits per heavy atom. The van der Waals surface area contributed by atoms with Gasteiger partial charge in [-0.15, -0.1) is 0 Å². The summed E-state index contributed by atoms with van der Waals surface area (Å²) in [4.78, 5) is 12.2. The molecule has 0 saturated heterocycles. The molecule has 1 amide bonds. The molecule has 2 atom stereocenters. The number of ether oxygens (including phenoxy) is 1. The average molecular weight is 320 g/mol. The van der Waals surface area contributed by atoms with Gasteiger partial charge in [0.1, 0.15) is 5.75 Å². The van der Waals surface area contributed by atoms with Crippen LogP contribution in [0.25, 0.3) is 0 Å². The van der Waals surface area contributed by atoms with Gasteiger partial charge in [0, 0.05) is 11.3 Å². The van der Waals surface area contributed by atoms with Crippen molar-refractivity contribution in [2.45, 2.75) is 26.1 Å². The molecule has 22 heavy (non-hydrogen) atoms. The summed E-state index contributed by atoms with van der Waals surface area (Å²) in [6.45, 7) is 3.29. The van der Waals surface area contributed by atoms with Crippen LogP contribution in [-0.4, -0.2) is 17.1 Å². The van der Waals surface area contributed by atoms with Crippen molar-refractivity contribution in [1.29, 1.82) is 0 Å². The Kier molecular flexibility index (Phi) is 5.41. The van der Waals surface area contributed by atoms with E-state index in [1.165, 1.54) is 0 Å². The second-order valence-electron chi connectivity index (χ2n) is 4.94. The van der Waals surface area contributed by atoms with Gasteiger partial charge in [-0.25, -0.2) is 0 Å². The minimum absolute atomic E-state index is 0.312. The molecule has 2 unspecified atom stereocenters. The first-order chi connectivity index (χ1) is 10.5. The molecular formula is C17H18ClNO3. The fourth-order valence-corrected chi connectivity index (χ4v) is 2.17. The van der Waals surface area contributed by atoms with Crippen LogP contribution >= 0.6 is 11.6 Å². The predicted molar refractivity (Wildman–Crippen MR) is 87.2 cm³/mol. The van der Waals surface area contributed by atoms with Crippen molar-refractivity contribution in [3.05, 3.63) is 59.1 Å². The summed E-state index contributed by atoms with van der Waals surface area (Å²) in [5.74, 6) is 0.142. The number of para-hydroxylation sites is 2. The highest BCUT2D eigenvalue weighted by Crippen LogP contribution is 2.25. The van der Waals surface area contributed by atoms with Gasteiger partial charge in [0.05, 0.1) is 11.1 Å². The summed E-state index contributed by atoms with van der Waals surface area (Å²) >= 11 is 6.01. The molecule has 0 spiro atoms. The summed E-state index contributed by atoms with van der Waals surface area (Å²) in [5.41, 5.74) is 1.22. The lowest BCUT2D eigenvalue weighted by atomic mass is 10.1. The van der Waals surface area contributed by atoms with Gasteiger partial charge in [0.15, 0.2) is 6.10 Å². The molecule has 2 aromatic rings. The molecule has 2 aromatic carbocycles. The van der Waals surface area contributed by atoms with E-state index in [1.54, 1.807) is 62.4 Å². The predicted octanol–water partition coefficient (Wildman–Crippen LogP) is 3.80. The Bertz CT molecular complexity index is 658. The topological polar surface area (TPSA) is 58.6 Å². The van der Waals surface area contributed by atoms with Crippen LogP contribution in [0.5, 0.6) is 5.75 Å². The van der Waals surface area contributed by atoms with E-state index < -0.39 is 12.2 Å². The van der Waals surface area contributed by atoms with Crippen LogP contribution in [0, 0.1) is 0 Å². The third-order valence-electron chi connectivity index (χ3n) is 3.18. The minimum atomic E-state index is -0.720. The van der Waals surface area contributed by atoms with E-state index in [1.807, 2.05) is 0 Å². The van der Waals surface area contributed by atoms with Gasteiger partial charge in [0.25, 0.3) is 5.91 Å². The van der Waals surface area contributed by atoms with Gasteiger partial charge < -0.3 is 15.2 Å². The molecule has 0 aromatic heterocycles. The Morgan fingerprint density at radius 3 is 2.45 bits per heavy atom. The number of aliphatic hydroxyl groups excluding tert-OH is 1. The second-order valence-corrected chi connectivity index (χ2v) is 5.35. The number of hydrogen-bond donors (Lipinski definition) is 2. The zero-order valence-electron chi connectivity index (χ0n) is 12.4. The first-order valence-corrected chi connectivity index (χ1v) is 7.36. The molecule has 0 fully saturated rings. The Balaban J connectivity index is 2.08. The number of carbonyl (C=O) groups excluding carboxylic acids is 1. The quantitative estimate of drug-likeness (QED) is 0.881. The smallest absolute Gasteiger partial charge is 0.265 e. The SMILES string of the molecule is CC(Oc1ccccc1Cl)C(=O)Nc1ccccc1C(C)O. The monoisotopic (exact) mass is 319 g/mol. The minimum Gasteiger partial charge on any atom is -0.479 e. The van der Waals surface area contributed by atoms with Gasteiger partial charge in [-0.3, -0.25) is 4.79 Å². The molecule has 0 aliphatic carbocycles. The number of hydrogen-bond acceptors (Lipinski definition) is 3. The summed E-state index contributed by atoms with van der Waals surface area (Å²) in [6.07, 6.45) is -1.39. The fourth-order valence-electron chi connectivity index (χ4n) is 1.99. The lowest BCUT2D eigenvalue weighted by molar-refractivity contribution is -0.122. The van der Waals surface area contributed by atoms with E-state index in [9.17, 15) is 9.90 Å². The lowest BCUT2D eigenvalue weighted by Crippen LogP contribution is -2.30. The highest BCUT2D eigenvalue weighted by Gasteiger charge is 2.18. The number of benzene rings is 2. The molecule has 0 aliphatic rings. The van der Waals surface area contributed by atoms with Crippen LogP contribution in [0.1, 0.15) is 25.5 Å². The highest BCUT2D eigenvalue weighted by atomic mass is 35.5. The van der Waals surface area contributed by atoms with Crippen LogP contribution in [0.3, 0.4) is 0 Å². The van der Waals surface area contributed by atoms with Gasteiger partial charge >= 0.3 is 0 Å². The maximum Gasteiger partial charge on any atom is 0.265 e. The van der Waals surface area contributed by atoms with Crippen molar-refractivity contribution in [3.63, 3.8) is 0 Å². The zero-order chi connectivity index (χ0) is 16.1. The molecule has 5 heteroatoms. The fraction of sp³-hybridized carbons (Fsp3) is 0.235. The van der Waals surface area contributed by atoms with E-state index in [2.05, 4.69) is 5.32 Å². The van der Waals surface area contributed by atoms with Crippen LogP contribution in [0.2, 0.25) is 5.02 Å². The molecule has 2 N–H and O–H groups in total. The van der Waals surface area contributed by atoms with Gasteiger partial charge in [0.2, 0.25) is 0 Å². The molecule has 116 valence electrons. The molecule has 0 bridgehead atoms. The van der Waals surface area contributed by atoms with Gasteiger partial charge in [-0.2, -0.15) is 0 Å². The number of anilines is 1. The molecule has 2 rings (SSSR count). The Labute approximate surface area is 134 Å². The first-order valence-electron chi connectivity index (χ1n) is 6.98. The van der Waals surface area contributed by atoms with Gasteiger partial charge in [-0.1, -0.05) is 41.9 Å². The van der Waals surface area contributed by atoms with E-state index >= 15 is 0 Å². The average Bonchev–Trinajstić information content (AvgIpc) is 2.49. The van der Waals surface area contributed by atoms with Crippen LogP contribution < -0.4 is 10.1 Å². The molecule has 4 nitrogen and oxygen atoms in total. The molecule has 0 aliphatic heterocycles. The number of aliphatic hydroxyl groups is 1. The maximum atomic E-state index is 12.2. The summed E-state index contributed by atoms with van der Waals surface area (Å²) < 4.78 is 5.57. The molecular weight excluding hydrogens is 302 g/mol. The third-order valence-corrected chi connectivity index (χ3v) is 3.49. The Morgan fingerprint density at radius 2 is 1.77 bits per heavy atom. The number of amides is 1. The van der Waals surface area contributed by atoms with Crippen molar-refractivity contribution < 1.29 is 14.6 Å². The van der Waals surface area contributed by atoms with E-state index in [-0.39, 0.29) is 5.91 Å². The van der Waals surface area contributed by atoms with Crippen molar-refractivity contribution in [1.82, 2.24) is 0 Å². The highest BCUT2D eigenvalue weighted by molar-refractivity contribution is 6.32. The van der Waals surface area contributed by atoms with Crippen LogP contribution in [0.4, 0.5) is 5.69 Å². The number of carbonyl (C=O) groups is 1. The third kappa shape index (κ3) is 4.00. The number of rotatable bonds is 5. The van der Waals surface area contributed by atoms with Crippen molar-refractivity contribution in [2.24, 2.45) is 0 Å². The number of halogens is 1. The van der Waals surface area contributed by atoms with E-state index in [0.717, 1.165) is 0 Å².